The van der Waals surface area contributed by atoms with Crippen LogP contribution < -0.4 is 5.63 Å². The lowest BCUT2D eigenvalue weighted by molar-refractivity contribution is -0.130. The van der Waals surface area contributed by atoms with Gasteiger partial charge in [-0.05, 0) is 30.0 Å². The maximum absolute atomic E-state index is 12.0. The van der Waals surface area contributed by atoms with E-state index in [4.69, 9.17) is 4.42 Å². The number of amides is 1. The number of hydrogen-bond acceptors (Lipinski definition) is 4. The monoisotopic (exact) mass is 342 g/mol. The molecule has 2 heterocycles. The van der Waals surface area contributed by atoms with Crippen LogP contribution in [0.15, 0.2) is 33.5 Å². The second-order valence-corrected chi connectivity index (χ2v) is 6.64. The van der Waals surface area contributed by atoms with Gasteiger partial charge in [0.25, 0.3) is 0 Å². The van der Waals surface area contributed by atoms with Gasteiger partial charge in [0, 0.05) is 50.6 Å². The molecule has 25 heavy (non-hydrogen) atoms. The third kappa shape index (κ3) is 4.10. The van der Waals surface area contributed by atoms with Gasteiger partial charge in [0.2, 0.25) is 5.91 Å². The Bertz CT molecular complexity index is 812. The lowest BCUT2D eigenvalue weighted by Crippen LogP contribution is -2.34. The van der Waals surface area contributed by atoms with Crippen molar-refractivity contribution in [3.63, 3.8) is 0 Å². The van der Waals surface area contributed by atoms with E-state index in [9.17, 15) is 9.59 Å². The fraction of sp³-hybridized carbons (Fsp3) is 0.500. The van der Waals surface area contributed by atoms with Crippen LogP contribution in [-0.2, 0) is 17.8 Å². The zero-order valence-corrected chi connectivity index (χ0v) is 15.1. The number of nitrogens with zero attached hydrogens (tertiary/aromatic N) is 2. The highest BCUT2D eigenvalue weighted by Gasteiger charge is 2.19. The maximum atomic E-state index is 12.0. The molecule has 0 N–H and O–H groups in total. The molecule has 1 fully saturated rings. The van der Waals surface area contributed by atoms with Gasteiger partial charge in [0.1, 0.15) is 5.58 Å². The topological polar surface area (TPSA) is 53.8 Å². The van der Waals surface area contributed by atoms with Crippen molar-refractivity contribution in [3.8, 4) is 0 Å². The molecule has 0 aliphatic carbocycles. The van der Waals surface area contributed by atoms with Crippen LogP contribution in [0.2, 0.25) is 0 Å². The summed E-state index contributed by atoms with van der Waals surface area (Å²) in [5.41, 5.74) is 2.54. The van der Waals surface area contributed by atoms with E-state index in [-0.39, 0.29) is 11.5 Å². The molecule has 1 saturated heterocycles. The fourth-order valence-electron chi connectivity index (χ4n) is 3.47. The van der Waals surface area contributed by atoms with Crippen LogP contribution in [0.1, 0.15) is 37.8 Å². The normalized spacial score (nSPS) is 16.2. The average molecular weight is 342 g/mol. The molecule has 0 bridgehead atoms. The summed E-state index contributed by atoms with van der Waals surface area (Å²) in [6.07, 6.45) is 2.44. The number of fused-ring (bicyclic) bond motifs is 1. The van der Waals surface area contributed by atoms with Crippen molar-refractivity contribution in [2.45, 2.75) is 39.7 Å². The summed E-state index contributed by atoms with van der Waals surface area (Å²) in [5, 5.41) is 1.00. The van der Waals surface area contributed by atoms with E-state index in [1.54, 1.807) is 6.07 Å². The van der Waals surface area contributed by atoms with Gasteiger partial charge in [0.15, 0.2) is 0 Å². The van der Waals surface area contributed by atoms with Crippen LogP contribution in [0.4, 0.5) is 0 Å². The van der Waals surface area contributed by atoms with Crippen molar-refractivity contribution in [3.05, 3.63) is 45.8 Å². The Kier molecular flexibility index (Phi) is 5.53. The molecule has 1 aromatic carbocycles. The predicted molar refractivity (Wildman–Crippen MR) is 98.6 cm³/mol. The number of aryl methyl sites for hydroxylation is 1. The lowest BCUT2D eigenvalue weighted by atomic mass is 10.1. The molecule has 0 spiro atoms. The van der Waals surface area contributed by atoms with Gasteiger partial charge in [0.05, 0.1) is 0 Å². The van der Waals surface area contributed by atoms with Crippen LogP contribution in [0.5, 0.6) is 0 Å². The molecule has 2 aromatic rings. The first-order valence-corrected chi connectivity index (χ1v) is 9.16. The summed E-state index contributed by atoms with van der Waals surface area (Å²) in [6.45, 7) is 8.05. The Morgan fingerprint density at radius 2 is 1.96 bits per heavy atom. The van der Waals surface area contributed by atoms with Crippen LogP contribution in [0.25, 0.3) is 11.0 Å². The minimum absolute atomic E-state index is 0.222. The smallest absolute Gasteiger partial charge is 0.336 e. The molecule has 1 aliphatic rings. The molecule has 3 rings (SSSR count). The van der Waals surface area contributed by atoms with Gasteiger partial charge < -0.3 is 9.32 Å². The van der Waals surface area contributed by atoms with E-state index in [0.717, 1.165) is 55.5 Å². The molecular weight excluding hydrogens is 316 g/mol. The van der Waals surface area contributed by atoms with Crippen LogP contribution in [-0.4, -0.2) is 41.9 Å². The molecule has 0 atom stereocenters. The standard InChI is InChI=1S/C20H26N2O3/c1-3-15-6-7-17-16(13-20(24)25-18(17)12-15)14-21-8-5-9-22(11-10-21)19(23)4-2/h6-7,12-13H,3-5,8-11,14H2,1-2H3. The summed E-state index contributed by atoms with van der Waals surface area (Å²) in [4.78, 5) is 28.1. The van der Waals surface area contributed by atoms with Crippen LogP contribution in [0.3, 0.4) is 0 Å². The Morgan fingerprint density at radius 3 is 2.72 bits per heavy atom. The molecule has 1 amide bonds. The summed E-state index contributed by atoms with van der Waals surface area (Å²) < 4.78 is 5.39. The number of hydrogen-bond donors (Lipinski definition) is 0. The summed E-state index contributed by atoms with van der Waals surface area (Å²) in [7, 11) is 0. The highest BCUT2D eigenvalue weighted by molar-refractivity contribution is 5.80. The zero-order chi connectivity index (χ0) is 17.8. The largest absolute Gasteiger partial charge is 0.423 e. The van der Waals surface area contributed by atoms with E-state index >= 15 is 0 Å². The Hall–Kier alpha value is -2.14. The van der Waals surface area contributed by atoms with Gasteiger partial charge in [-0.3, -0.25) is 9.69 Å². The van der Waals surface area contributed by atoms with Gasteiger partial charge in [-0.2, -0.15) is 0 Å². The molecule has 0 unspecified atom stereocenters. The summed E-state index contributed by atoms with van der Waals surface area (Å²) in [6, 6.07) is 7.71. The van der Waals surface area contributed by atoms with E-state index in [1.807, 2.05) is 17.9 Å². The first-order chi connectivity index (χ1) is 12.1. The molecule has 5 heteroatoms. The second-order valence-electron chi connectivity index (χ2n) is 6.64. The first kappa shape index (κ1) is 17.7. The molecule has 5 nitrogen and oxygen atoms in total. The van der Waals surface area contributed by atoms with Gasteiger partial charge in [-0.15, -0.1) is 0 Å². The number of carbonyl (C=O) groups is 1. The highest BCUT2D eigenvalue weighted by atomic mass is 16.4. The van der Waals surface area contributed by atoms with Crippen molar-refractivity contribution < 1.29 is 9.21 Å². The average Bonchev–Trinajstić information content (AvgIpc) is 2.86. The van der Waals surface area contributed by atoms with Crippen molar-refractivity contribution in [2.75, 3.05) is 26.2 Å². The van der Waals surface area contributed by atoms with Crippen LogP contribution >= 0.6 is 0 Å². The quantitative estimate of drug-likeness (QED) is 0.802. The van der Waals surface area contributed by atoms with Crippen molar-refractivity contribution >= 4 is 16.9 Å². The Morgan fingerprint density at radius 1 is 1.12 bits per heavy atom. The van der Waals surface area contributed by atoms with E-state index in [0.29, 0.717) is 18.5 Å². The molecule has 1 aromatic heterocycles. The fourth-order valence-corrected chi connectivity index (χ4v) is 3.47. The SMILES string of the molecule is CCC(=O)N1CCCN(Cc2cc(=O)oc3cc(CC)ccc23)CC1. The number of benzene rings is 1. The Labute approximate surface area is 148 Å². The van der Waals surface area contributed by atoms with E-state index in [1.165, 1.54) is 0 Å². The Balaban J connectivity index is 1.80. The highest BCUT2D eigenvalue weighted by Crippen LogP contribution is 2.21. The first-order valence-electron chi connectivity index (χ1n) is 9.16. The third-order valence-corrected chi connectivity index (χ3v) is 4.94. The maximum Gasteiger partial charge on any atom is 0.336 e. The number of rotatable bonds is 4. The lowest BCUT2D eigenvalue weighted by Gasteiger charge is -2.22. The minimum Gasteiger partial charge on any atom is -0.423 e. The molecule has 0 radical (unpaired) electrons. The predicted octanol–water partition coefficient (Wildman–Crippen LogP) is 2.80. The van der Waals surface area contributed by atoms with Gasteiger partial charge in [-0.25, -0.2) is 4.79 Å². The van der Waals surface area contributed by atoms with Crippen molar-refractivity contribution in [1.82, 2.24) is 9.80 Å². The molecule has 1 aliphatic heterocycles. The van der Waals surface area contributed by atoms with Crippen molar-refractivity contribution in [1.29, 1.82) is 0 Å². The van der Waals surface area contributed by atoms with Crippen molar-refractivity contribution in [2.24, 2.45) is 0 Å². The second kappa shape index (κ2) is 7.83. The minimum atomic E-state index is -0.298. The van der Waals surface area contributed by atoms with E-state index in [2.05, 4.69) is 24.0 Å². The third-order valence-electron chi connectivity index (χ3n) is 4.94. The number of carbonyl (C=O) groups excluding carboxylic acids is 1. The molecular formula is C20H26N2O3. The van der Waals surface area contributed by atoms with Gasteiger partial charge >= 0.3 is 5.63 Å². The molecule has 134 valence electrons. The molecule has 0 saturated carbocycles. The van der Waals surface area contributed by atoms with Gasteiger partial charge in [-0.1, -0.05) is 26.0 Å². The van der Waals surface area contributed by atoms with Crippen LogP contribution in [0, 0.1) is 0 Å². The zero-order valence-electron chi connectivity index (χ0n) is 15.1. The van der Waals surface area contributed by atoms with E-state index < -0.39 is 0 Å². The summed E-state index contributed by atoms with van der Waals surface area (Å²) in [5.74, 6) is 0.222. The summed E-state index contributed by atoms with van der Waals surface area (Å²) >= 11 is 0.